The van der Waals surface area contributed by atoms with E-state index in [4.69, 9.17) is 14.2 Å². The van der Waals surface area contributed by atoms with E-state index in [0.717, 1.165) is 16.0 Å². The van der Waals surface area contributed by atoms with Gasteiger partial charge >= 0.3 is 5.97 Å². The first-order chi connectivity index (χ1) is 26.1. The van der Waals surface area contributed by atoms with Gasteiger partial charge < -0.3 is 14.2 Å². The number of fused-ring (bicyclic) bond motifs is 1. The molecule has 0 saturated heterocycles. The second kappa shape index (κ2) is 15.0. The van der Waals surface area contributed by atoms with Gasteiger partial charge in [-0.1, -0.05) is 86.6 Å². The number of carbonyl (C=O) groups excluding carboxylic acids is 4. The summed E-state index contributed by atoms with van der Waals surface area (Å²) in [5.74, 6) is -0.500. The summed E-state index contributed by atoms with van der Waals surface area (Å²) in [5.41, 5.74) is 4.18. The molecule has 1 aliphatic heterocycles. The van der Waals surface area contributed by atoms with Crippen LogP contribution in [0.4, 0.5) is 5.69 Å². The smallest absolute Gasteiger partial charge is 0.338 e. The molecule has 54 heavy (non-hydrogen) atoms. The van der Waals surface area contributed by atoms with Crippen LogP contribution in [0.15, 0.2) is 152 Å². The molecule has 0 N–H and O–H groups in total. The quantitative estimate of drug-likeness (QED) is 0.0707. The largest absolute Gasteiger partial charge is 0.489 e. The minimum Gasteiger partial charge on any atom is -0.489 e. The van der Waals surface area contributed by atoms with E-state index in [1.807, 2.05) is 72.8 Å². The van der Waals surface area contributed by atoms with Crippen LogP contribution in [0.3, 0.4) is 0 Å². The van der Waals surface area contributed by atoms with Gasteiger partial charge in [0.05, 0.1) is 22.4 Å². The average molecular weight is 716 g/mol. The Morgan fingerprint density at radius 1 is 0.611 bits per heavy atom. The van der Waals surface area contributed by atoms with Gasteiger partial charge in [0.1, 0.15) is 23.9 Å². The third-order valence-electron chi connectivity index (χ3n) is 9.56. The highest BCUT2D eigenvalue weighted by Gasteiger charge is 2.37. The molecule has 6 aromatic carbocycles. The molecule has 1 aliphatic rings. The zero-order valence-corrected chi connectivity index (χ0v) is 30.0. The molecule has 6 aromatic rings. The van der Waals surface area contributed by atoms with E-state index < -0.39 is 29.7 Å². The summed E-state index contributed by atoms with van der Waals surface area (Å²) < 4.78 is 17.3. The summed E-state index contributed by atoms with van der Waals surface area (Å²) in [7, 11) is 0. The summed E-state index contributed by atoms with van der Waals surface area (Å²) in [6.07, 6.45) is -1.10. The molecule has 2 amide bonds. The average Bonchev–Trinajstić information content (AvgIpc) is 3.46. The molecule has 0 fully saturated rings. The van der Waals surface area contributed by atoms with E-state index in [2.05, 4.69) is 26.0 Å². The molecule has 0 radical (unpaired) electrons. The lowest BCUT2D eigenvalue weighted by Crippen LogP contribution is -2.29. The second-order valence-corrected chi connectivity index (χ2v) is 13.5. The number of nitrogens with zero attached hydrogens (tertiary/aromatic N) is 1. The van der Waals surface area contributed by atoms with Crippen LogP contribution in [-0.4, -0.2) is 29.7 Å². The van der Waals surface area contributed by atoms with Crippen LogP contribution in [-0.2, 0) is 16.8 Å². The summed E-state index contributed by atoms with van der Waals surface area (Å²) in [5, 5.41) is 0. The Kier molecular flexibility index (Phi) is 9.92. The highest BCUT2D eigenvalue weighted by molar-refractivity contribution is 6.34. The third-order valence-corrected chi connectivity index (χ3v) is 9.56. The number of ether oxygens (including phenoxy) is 3. The second-order valence-electron chi connectivity index (χ2n) is 13.5. The number of rotatable bonds is 12. The van der Waals surface area contributed by atoms with Gasteiger partial charge in [-0.15, -0.1) is 0 Å². The Balaban J connectivity index is 0.963. The van der Waals surface area contributed by atoms with Crippen LogP contribution in [0.1, 0.15) is 78.9 Å². The molecule has 8 heteroatoms. The monoisotopic (exact) mass is 715 g/mol. The van der Waals surface area contributed by atoms with E-state index in [-0.39, 0.29) is 22.1 Å². The fraction of sp³-hybridized carbons (Fsp3) is 0.130. The SMILES string of the molecule is CC(OC(=O)c1ccc2c(c1)C(=O)N(c1ccc(Oc3ccc(C(C)(C)c4ccccc4)cc3)cc1)C2=O)C(=O)c1ccc(OCc2ccccc2)cc1. The van der Waals surface area contributed by atoms with E-state index in [1.165, 1.54) is 30.7 Å². The van der Waals surface area contributed by atoms with Gasteiger partial charge in [-0.2, -0.15) is 0 Å². The van der Waals surface area contributed by atoms with Crippen molar-refractivity contribution in [2.75, 3.05) is 4.90 Å². The number of esters is 1. The number of hydrogen-bond donors (Lipinski definition) is 0. The Morgan fingerprint density at radius 2 is 1.15 bits per heavy atom. The number of imide groups is 1. The molecule has 7 rings (SSSR count). The van der Waals surface area contributed by atoms with Crippen LogP contribution >= 0.6 is 0 Å². The van der Waals surface area contributed by atoms with Crippen molar-refractivity contribution in [3.05, 3.63) is 191 Å². The van der Waals surface area contributed by atoms with Crippen molar-refractivity contribution in [1.82, 2.24) is 0 Å². The standard InChI is InChI=1S/C46H37NO7/c1-30(42(48)32-14-21-37(22-15-32)52-29-31-10-6-4-7-11-31)53-45(51)33-16-27-40-41(28-33)44(50)47(43(40)49)36-19-25-39(26-20-36)54-38-23-17-35(18-24-38)46(2,3)34-12-8-5-9-13-34/h4-28,30H,29H2,1-3H3. The number of benzene rings is 6. The molecule has 0 saturated carbocycles. The number of anilines is 1. The van der Waals surface area contributed by atoms with Crippen molar-refractivity contribution in [3.8, 4) is 17.2 Å². The molecule has 0 aliphatic carbocycles. The van der Waals surface area contributed by atoms with Gasteiger partial charge in [-0.25, -0.2) is 9.69 Å². The highest BCUT2D eigenvalue weighted by Crippen LogP contribution is 2.34. The molecule has 1 atom stereocenters. The maximum atomic E-state index is 13.5. The summed E-state index contributed by atoms with van der Waals surface area (Å²) in [6, 6.07) is 45.3. The van der Waals surface area contributed by atoms with Crippen LogP contribution in [0.5, 0.6) is 17.2 Å². The lowest BCUT2D eigenvalue weighted by Gasteiger charge is -2.26. The molecule has 0 aromatic heterocycles. The Hall–Kier alpha value is -6.80. The summed E-state index contributed by atoms with van der Waals surface area (Å²) in [4.78, 5) is 54.1. The summed E-state index contributed by atoms with van der Waals surface area (Å²) >= 11 is 0. The van der Waals surface area contributed by atoms with Gasteiger partial charge in [-0.3, -0.25) is 14.4 Å². The van der Waals surface area contributed by atoms with Crippen LogP contribution in [0, 0.1) is 0 Å². The fourth-order valence-corrected chi connectivity index (χ4v) is 6.34. The van der Waals surface area contributed by atoms with Crippen LogP contribution in [0.2, 0.25) is 0 Å². The van der Waals surface area contributed by atoms with E-state index in [0.29, 0.717) is 35.1 Å². The molecule has 268 valence electrons. The predicted molar refractivity (Wildman–Crippen MR) is 206 cm³/mol. The molecule has 8 nitrogen and oxygen atoms in total. The topological polar surface area (TPSA) is 99.2 Å². The first-order valence-corrected chi connectivity index (χ1v) is 17.6. The van der Waals surface area contributed by atoms with Crippen molar-refractivity contribution < 1.29 is 33.4 Å². The van der Waals surface area contributed by atoms with Crippen molar-refractivity contribution >= 4 is 29.3 Å². The van der Waals surface area contributed by atoms with Gasteiger partial charge in [0.25, 0.3) is 11.8 Å². The van der Waals surface area contributed by atoms with Gasteiger partial charge in [-0.05, 0) is 102 Å². The highest BCUT2D eigenvalue weighted by atomic mass is 16.5. The van der Waals surface area contributed by atoms with Crippen molar-refractivity contribution in [2.24, 2.45) is 0 Å². The van der Waals surface area contributed by atoms with Crippen LogP contribution < -0.4 is 14.4 Å². The molecule has 0 spiro atoms. The van der Waals surface area contributed by atoms with E-state index in [9.17, 15) is 19.2 Å². The third kappa shape index (κ3) is 7.41. The van der Waals surface area contributed by atoms with E-state index in [1.54, 1.807) is 48.5 Å². The van der Waals surface area contributed by atoms with Gasteiger partial charge in [0.2, 0.25) is 5.78 Å². The van der Waals surface area contributed by atoms with E-state index >= 15 is 0 Å². The molecule has 1 unspecified atom stereocenters. The first-order valence-electron chi connectivity index (χ1n) is 17.6. The first kappa shape index (κ1) is 35.6. The summed E-state index contributed by atoms with van der Waals surface area (Å²) in [6.45, 7) is 6.23. The van der Waals surface area contributed by atoms with Crippen molar-refractivity contribution in [3.63, 3.8) is 0 Å². The Labute approximate surface area is 313 Å². The maximum Gasteiger partial charge on any atom is 0.338 e. The maximum absolute atomic E-state index is 13.5. The number of Topliss-reactive ketones (excluding diaryl/α,β-unsaturated/α-hetero) is 1. The number of amides is 2. The fourth-order valence-electron chi connectivity index (χ4n) is 6.34. The van der Waals surface area contributed by atoms with Crippen molar-refractivity contribution in [2.45, 2.75) is 38.9 Å². The minimum absolute atomic E-state index is 0.0444. The van der Waals surface area contributed by atoms with Gasteiger partial charge in [0, 0.05) is 11.0 Å². The van der Waals surface area contributed by atoms with Gasteiger partial charge in [0.15, 0.2) is 6.10 Å². The molecule has 1 heterocycles. The lowest BCUT2D eigenvalue weighted by molar-refractivity contribution is 0.0318. The predicted octanol–water partition coefficient (Wildman–Crippen LogP) is 9.61. The minimum atomic E-state index is -1.10. The Bertz CT molecular complexity index is 2320. The number of hydrogen-bond acceptors (Lipinski definition) is 7. The zero-order chi connectivity index (χ0) is 37.8. The van der Waals surface area contributed by atoms with Crippen LogP contribution in [0.25, 0.3) is 0 Å². The number of ketones is 1. The normalized spacial score (nSPS) is 12.9. The number of carbonyl (C=O) groups is 4. The molecular weight excluding hydrogens is 679 g/mol. The zero-order valence-electron chi connectivity index (χ0n) is 30.0. The molecule has 0 bridgehead atoms. The molecular formula is C46H37NO7. The van der Waals surface area contributed by atoms with Crippen molar-refractivity contribution in [1.29, 1.82) is 0 Å². The Morgan fingerprint density at radius 3 is 1.80 bits per heavy atom. The lowest BCUT2D eigenvalue weighted by atomic mass is 9.78.